The lowest BCUT2D eigenvalue weighted by atomic mass is 9.72. The van der Waals surface area contributed by atoms with Crippen molar-refractivity contribution in [1.29, 1.82) is 0 Å². The lowest BCUT2D eigenvalue weighted by Gasteiger charge is -2.46. The van der Waals surface area contributed by atoms with Crippen LogP contribution in [0.5, 0.6) is 0 Å². The molecule has 88 valence electrons. The van der Waals surface area contributed by atoms with Crippen molar-refractivity contribution in [2.45, 2.75) is 70.0 Å². The maximum absolute atomic E-state index is 10.1. The number of ether oxygens (including phenoxy) is 1. The van der Waals surface area contributed by atoms with Crippen molar-refractivity contribution in [1.82, 2.24) is 0 Å². The Morgan fingerprint density at radius 2 is 1.87 bits per heavy atom. The van der Waals surface area contributed by atoms with E-state index in [1.807, 2.05) is 13.8 Å². The van der Waals surface area contributed by atoms with Crippen LogP contribution < -0.4 is 0 Å². The fourth-order valence-corrected chi connectivity index (χ4v) is 3.18. The summed E-state index contributed by atoms with van der Waals surface area (Å²) in [4.78, 5) is 0. The molecule has 2 nitrogen and oxygen atoms in total. The predicted octanol–water partition coefficient (Wildman–Crippen LogP) is 2.89. The van der Waals surface area contributed by atoms with Gasteiger partial charge in [0.2, 0.25) is 0 Å². The quantitative estimate of drug-likeness (QED) is 0.724. The molecule has 2 rings (SSSR count). The fraction of sp³-hybridized carbons (Fsp3) is 1.00. The van der Waals surface area contributed by atoms with Gasteiger partial charge in [-0.15, -0.1) is 0 Å². The van der Waals surface area contributed by atoms with Gasteiger partial charge < -0.3 is 9.84 Å². The Morgan fingerprint density at radius 3 is 2.47 bits per heavy atom. The third kappa shape index (κ3) is 2.54. The second-order valence-electron chi connectivity index (χ2n) is 5.94. The van der Waals surface area contributed by atoms with Crippen molar-refractivity contribution >= 4 is 0 Å². The summed E-state index contributed by atoms with van der Waals surface area (Å²) in [6, 6.07) is 0. The van der Waals surface area contributed by atoms with E-state index in [9.17, 15) is 5.11 Å². The molecule has 2 aliphatic rings. The summed E-state index contributed by atoms with van der Waals surface area (Å²) in [5.74, 6) is 0.421. The van der Waals surface area contributed by atoms with Gasteiger partial charge in [-0.25, -0.2) is 0 Å². The zero-order chi connectivity index (χ0) is 10.9. The second kappa shape index (κ2) is 4.06. The largest absolute Gasteiger partial charge is 0.390 e. The molecule has 0 aromatic rings. The average molecular weight is 212 g/mol. The maximum Gasteiger partial charge on any atom is 0.0686 e. The number of rotatable bonds is 1. The molecule has 1 saturated heterocycles. The molecular weight excluding hydrogens is 188 g/mol. The van der Waals surface area contributed by atoms with Crippen molar-refractivity contribution in [2.75, 3.05) is 6.61 Å². The molecule has 1 aliphatic heterocycles. The van der Waals surface area contributed by atoms with Crippen LogP contribution in [0, 0.1) is 5.92 Å². The van der Waals surface area contributed by atoms with Gasteiger partial charge in [0.25, 0.3) is 0 Å². The maximum atomic E-state index is 10.1. The smallest absolute Gasteiger partial charge is 0.0686 e. The summed E-state index contributed by atoms with van der Waals surface area (Å²) in [7, 11) is 0. The second-order valence-corrected chi connectivity index (χ2v) is 5.94. The highest BCUT2D eigenvalue weighted by molar-refractivity contribution is 4.93. The highest BCUT2D eigenvalue weighted by atomic mass is 16.5. The number of hydrogen-bond donors (Lipinski definition) is 1. The van der Waals surface area contributed by atoms with Crippen molar-refractivity contribution in [3.8, 4) is 0 Å². The van der Waals surface area contributed by atoms with E-state index in [1.54, 1.807) is 0 Å². The first kappa shape index (κ1) is 11.4. The van der Waals surface area contributed by atoms with Crippen molar-refractivity contribution in [3.63, 3.8) is 0 Å². The molecule has 1 N–H and O–H groups in total. The Morgan fingerprint density at radius 1 is 1.20 bits per heavy atom. The van der Waals surface area contributed by atoms with Crippen LogP contribution in [0.4, 0.5) is 0 Å². The molecule has 1 heterocycles. The van der Waals surface area contributed by atoms with E-state index >= 15 is 0 Å². The Hall–Kier alpha value is -0.0800. The Kier molecular flexibility index (Phi) is 3.09. The highest BCUT2D eigenvalue weighted by Crippen LogP contribution is 2.43. The van der Waals surface area contributed by atoms with E-state index in [0.717, 1.165) is 19.4 Å². The van der Waals surface area contributed by atoms with E-state index in [2.05, 4.69) is 0 Å². The molecule has 0 radical (unpaired) electrons. The van der Waals surface area contributed by atoms with Crippen LogP contribution >= 0.6 is 0 Å². The van der Waals surface area contributed by atoms with Crippen LogP contribution in [0.2, 0.25) is 0 Å². The van der Waals surface area contributed by atoms with E-state index in [4.69, 9.17) is 4.74 Å². The van der Waals surface area contributed by atoms with Gasteiger partial charge in [-0.05, 0) is 45.4 Å². The summed E-state index contributed by atoms with van der Waals surface area (Å²) in [5.41, 5.74) is -0.407. The Balaban J connectivity index is 2.02. The van der Waals surface area contributed by atoms with E-state index in [1.165, 1.54) is 32.1 Å². The van der Waals surface area contributed by atoms with Gasteiger partial charge in [0, 0.05) is 6.61 Å². The van der Waals surface area contributed by atoms with Gasteiger partial charge in [-0.1, -0.05) is 19.3 Å². The summed E-state index contributed by atoms with van der Waals surface area (Å²) in [5, 5.41) is 10.1. The normalized spacial score (nSPS) is 31.8. The van der Waals surface area contributed by atoms with Crippen LogP contribution in [0.15, 0.2) is 0 Å². The molecule has 15 heavy (non-hydrogen) atoms. The van der Waals surface area contributed by atoms with Gasteiger partial charge in [0.15, 0.2) is 0 Å². The van der Waals surface area contributed by atoms with Gasteiger partial charge >= 0.3 is 0 Å². The van der Waals surface area contributed by atoms with Crippen molar-refractivity contribution in [3.05, 3.63) is 0 Å². The van der Waals surface area contributed by atoms with Crippen molar-refractivity contribution < 1.29 is 9.84 Å². The monoisotopic (exact) mass is 212 g/mol. The predicted molar refractivity (Wildman–Crippen MR) is 60.8 cm³/mol. The minimum Gasteiger partial charge on any atom is -0.390 e. The summed E-state index contributed by atoms with van der Waals surface area (Å²) < 4.78 is 6.02. The zero-order valence-corrected chi connectivity index (χ0v) is 10.1. The first-order valence-electron chi connectivity index (χ1n) is 6.38. The van der Waals surface area contributed by atoms with Crippen LogP contribution in [-0.4, -0.2) is 22.9 Å². The molecule has 0 aromatic heterocycles. The van der Waals surface area contributed by atoms with E-state index < -0.39 is 5.60 Å². The summed E-state index contributed by atoms with van der Waals surface area (Å²) >= 11 is 0. The van der Waals surface area contributed by atoms with E-state index in [0.29, 0.717) is 5.92 Å². The minimum absolute atomic E-state index is 0.126. The van der Waals surface area contributed by atoms with Gasteiger partial charge in [-0.2, -0.15) is 0 Å². The van der Waals surface area contributed by atoms with Gasteiger partial charge in [-0.3, -0.25) is 0 Å². The average Bonchev–Trinajstić information content (AvgIpc) is 2.18. The fourth-order valence-electron chi connectivity index (χ4n) is 3.18. The molecule has 1 aliphatic carbocycles. The SMILES string of the molecule is CC(C)(O)C1CCOC2(CCCCC2)C1. The Bertz CT molecular complexity index is 206. The molecule has 0 aromatic carbocycles. The molecule has 2 heteroatoms. The van der Waals surface area contributed by atoms with Crippen LogP contribution in [-0.2, 0) is 4.74 Å². The molecular formula is C13H24O2. The first-order valence-corrected chi connectivity index (χ1v) is 6.38. The summed E-state index contributed by atoms with van der Waals surface area (Å²) in [6.45, 7) is 4.73. The third-order valence-electron chi connectivity index (χ3n) is 4.26. The molecule has 0 amide bonds. The van der Waals surface area contributed by atoms with Gasteiger partial charge in [0.1, 0.15) is 0 Å². The summed E-state index contributed by atoms with van der Waals surface area (Å²) in [6.07, 6.45) is 8.47. The molecule has 1 saturated carbocycles. The Labute approximate surface area is 93.0 Å². The molecule has 0 bridgehead atoms. The van der Waals surface area contributed by atoms with Gasteiger partial charge in [0.05, 0.1) is 11.2 Å². The molecule has 1 atom stereocenters. The molecule has 1 spiro atoms. The number of hydrogen-bond acceptors (Lipinski definition) is 2. The van der Waals surface area contributed by atoms with E-state index in [-0.39, 0.29) is 5.60 Å². The lowest BCUT2D eigenvalue weighted by Crippen LogP contribution is -2.47. The molecule has 2 fully saturated rings. The van der Waals surface area contributed by atoms with Crippen LogP contribution in [0.25, 0.3) is 0 Å². The van der Waals surface area contributed by atoms with Crippen LogP contribution in [0.3, 0.4) is 0 Å². The standard InChI is InChI=1S/C13H24O2/c1-12(2,14)11-6-9-15-13(10-11)7-4-3-5-8-13/h11,14H,3-10H2,1-2H3. The third-order valence-corrected chi connectivity index (χ3v) is 4.26. The lowest BCUT2D eigenvalue weighted by molar-refractivity contribution is -0.148. The minimum atomic E-state index is -0.534. The first-order chi connectivity index (χ1) is 7.02. The zero-order valence-electron chi connectivity index (χ0n) is 10.1. The highest BCUT2D eigenvalue weighted by Gasteiger charge is 2.42. The van der Waals surface area contributed by atoms with Crippen LogP contribution in [0.1, 0.15) is 58.8 Å². The topological polar surface area (TPSA) is 29.5 Å². The van der Waals surface area contributed by atoms with Crippen molar-refractivity contribution in [2.24, 2.45) is 5.92 Å². The number of aliphatic hydroxyl groups is 1. The molecule has 1 unspecified atom stereocenters.